The molecule has 1 aromatic heterocycles. The zero-order valence-corrected chi connectivity index (χ0v) is 12.5. The van der Waals surface area contributed by atoms with E-state index in [9.17, 15) is 14.7 Å². The zero-order chi connectivity index (χ0) is 15.5. The Morgan fingerprint density at radius 3 is 2.45 bits per heavy atom. The second kappa shape index (κ2) is 6.19. The predicted octanol–water partition coefficient (Wildman–Crippen LogP) is 1.79. The number of carbonyl (C=O) groups excluding carboxylic acids is 1. The number of rotatable bonds is 4. The van der Waals surface area contributed by atoms with Gasteiger partial charge in [-0.15, -0.1) is 11.3 Å². The highest BCUT2D eigenvalue weighted by Crippen LogP contribution is 2.22. The molecule has 8 heteroatoms. The summed E-state index contributed by atoms with van der Waals surface area (Å²) in [5.74, 6) is -1.16. The number of carboxylic acids is 1. The summed E-state index contributed by atoms with van der Waals surface area (Å²) in [7, 11) is 0. The summed E-state index contributed by atoms with van der Waals surface area (Å²) in [4.78, 5) is 26.4. The number of nitrogens with zero attached hydrogens (tertiary/aromatic N) is 1. The zero-order valence-electron chi connectivity index (χ0n) is 11.7. The van der Waals surface area contributed by atoms with Gasteiger partial charge in [-0.1, -0.05) is 0 Å². The van der Waals surface area contributed by atoms with Crippen molar-refractivity contribution in [3.8, 4) is 0 Å². The number of aliphatic hydroxyl groups is 1. The van der Waals surface area contributed by atoms with Crippen LogP contribution in [0.4, 0.5) is 4.79 Å². The number of aromatic nitrogens is 1. The molecule has 1 heterocycles. The van der Waals surface area contributed by atoms with Crippen LogP contribution in [0, 0.1) is 0 Å². The molecule has 0 saturated carbocycles. The van der Waals surface area contributed by atoms with Gasteiger partial charge in [-0.3, -0.25) is 0 Å². The summed E-state index contributed by atoms with van der Waals surface area (Å²) < 4.78 is 5.09. The van der Waals surface area contributed by atoms with Gasteiger partial charge in [-0.25, -0.2) is 14.6 Å². The minimum Gasteiger partial charge on any atom is -0.476 e. The molecule has 0 fully saturated rings. The van der Waals surface area contributed by atoms with E-state index in [2.05, 4.69) is 10.3 Å². The van der Waals surface area contributed by atoms with Crippen molar-refractivity contribution in [2.24, 2.45) is 0 Å². The Kier molecular flexibility index (Phi) is 5.07. The van der Waals surface area contributed by atoms with Crippen molar-refractivity contribution >= 4 is 23.4 Å². The molecule has 0 bridgehead atoms. The van der Waals surface area contributed by atoms with Crippen molar-refractivity contribution in [2.45, 2.75) is 45.4 Å². The molecular weight excluding hydrogens is 284 g/mol. The average Bonchev–Trinajstić information content (AvgIpc) is 2.71. The summed E-state index contributed by atoms with van der Waals surface area (Å²) >= 11 is 1.05. The van der Waals surface area contributed by atoms with Crippen LogP contribution < -0.4 is 5.32 Å². The van der Waals surface area contributed by atoms with Crippen LogP contribution in [0.3, 0.4) is 0 Å². The van der Waals surface area contributed by atoms with Gasteiger partial charge in [0.1, 0.15) is 16.7 Å². The molecule has 7 nitrogen and oxygen atoms in total. The number of alkyl carbamates (subject to hydrolysis) is 1. The first-order valence-electron chi connectivity index (χ1n) is 5.96. The van der Waals surface area contributed by atoms with E-state index in [1.807, 2.05) is 0 Å². The molecule has 2 atom stereocenters. The molecule has 1 amide bonds. The molecule has 0 aliphatic heterocycles. The molecule has 0 aromatic carbocycles. The lowest BCUT2D eigenvalue weighted by Crippen LogP contribution is -2.38. The van der Waals surface area contributed by atoms with Gasteiger partial charge < -0.3 is 20.3 Å². The molecule has 1 aromatic rings. The largest absolute Gasteiger partial charge is 0.476 e. The normalized spacial score (nSPS) is 14.4. The van der Waals surface area contributed by atoms with Crippen LogP contribution >= 0.6 is 11.3 Å². The number of amides is 1. The van der Waals surface area contributed by atoms with Crippen LogP contribution in [0.2, 0.25) is 0 Å². The van der Waals surface area contributed by atoms with Gasteiger partial charge in [0, 0.05) is 5.38 Å². The Morgan fingerprint density at radius 1 is 1.45 bits per heavy atom. The van der Waals surface area contributed by atoms with Crippen LogP contribution in [0.5, 0.6) is 0 Å². The van der Waals surface area contributed by atoms with E-state index in [4.69, 9.17) is 9.84 Å². The van der Waals surface area contributed by atoms with Crippen molar-refractivity contribution in [3.63, 3.8) is 0 Å². The van der Waals surface area contributed by atoms with Gasteiger partial charge in [0.15, 0.2) is 5.69 Å². The van der Waals surface area contributed by atoms with E-state index in [-0.39, 0.29) is 5.69 Å². The van der Waals surface area contributed by atoms with Crippen molar-refractivity contribution < 1.29 is 24.5 Å². The Hall–Kier alpha value is -1.67. The number of carbonyl (C=O) groups is 2. The smallest absolute Gasteiger partial charge is 0.408 e. The maximum absolute atomic E-state index is 11.7. The molecule has 0 aliphatic carbocycles. The first-order valence-corrected chi connectivity index (χ1v) is 6.84. The molecular formula is C12H18N2O5S. The molecule has 0 unspecified atom stereocenters. The number of hydrogen-bond acceptors (Lipinski definition) is 6. The fourth-order valence-electron chi connectivity index (χ4n) is 1.35. The van der Waals surface area contributed by atoms with Crippen LogP contribution in [0.15, 0.2) is 5.38 Å². The highest BCUT2D eigenvalue weighted by atomic mass is 32.1. The number of nitrogens with one attached hydrogen (secondary N) is 1. The summed E-state index contributed by atoms with van der Waals surface area (Å²) in [6, 6.07) is -0.817. The standard InChI is InChI=1S/C12H18N2O5S/c1-6(15)8(14-11(18)19-12(2,3)4)9-13-7(5-20-9)10(16)17/h5-6,8,15H,1-4H3,(H,14,18)(H,16,17)/t6-,8+/m1/s1. The van der Waals surface area contributed by atoms with Crippen LogP contribution in [0.25, 0.3) is 0 Å². The Bertz CT molecular complexity index is 492. The number of aromatic carboxylic acids is 1. The Morgan fingerprint density at radius 2 is 2.05 bits per heavy atom. The third-order valence-electron chi connectivity index (χ3n) is 2.16. The van der Waals surface area contributed by atoms with E-state index in [0.717, 1.165) is 11.3 Å². The fraction of sp³-hybridized carbons (Fsp3) is 0.583. The third-order valence-corrected chi connectivity index (χ3v) is 3.09. The van der Waals surface area contributed by atoms with Crippen LogP contribution in [0.1, 0.15) is 49.2 Å². The van der Waals surface area contributed by atoms with Gasteiger partial charge in [0.05, 0.1) is 6.10 Å². The van der Waals surface area contributed by atoms with E-state index < -0.39 is 29.8 Å². The maximum Gasteiger partial charge on any atom is 0.408 e. The summed E-state index contributed by atoms with van der Waals surface area (Å²) in [5, 5.41) is 22.7. The minimum atomic E-state index is -1.16. The number of carboxylic acid groups (broad SMARTS) is 1. The Labute approximate surface area is 120 Å². The number of ether oxygens (including phenoxy) is 1. The summed E-state index contributed by atoms with van der Waals surface area (Å²) in [6.07, 6.45) is -1.63. The van der Waals surface area contributed by atoms with Crippen LogP contribution in [-0.2, 0) is 4.74 Å². The molecule has 1 rings (SSSR count). The van der Waals surface area contributed by atoms with Crippen molar-refractivity contribution in [2.75, 3.05) is 0 Å². The number of hydrogen-bond donors (Lipinski definition) is 3. The van der Waals surface area contributed by atoms with E-state index in [0.29, 0.717) is 5.01 Å². The maximum atomic E-state index is 11.7. The molecule has 0 radical (unpaired) electrons. The predicted molar refractivity (Wildman–Crippen MR) is 72.9 cm³/mol. The first-order chi connectivity index (χ1) is 9.10. The molecule has 3 N–H and O–H groups in total. The molecule has 0 spiro atoms. The summed E-state index contributed by atoms with van der Waals surface area (Å²) in [5.41, 5.74) is -0.788. The second-order valence-corrected chi connectivity index (χ2v) is 6.13. The molecule has 112 valence electrons. The SMILES string of the molecule is C[C@@H](O)[C@H](NC(=O)OC(C)(C)C)c1nc(C(=O)O)cs1. The van der Waals surface area contributed by atoms with Crippen molar-refractivity contribution in [1.29, 1.82) is 0 Å². The minimum absolute atomic E-state index is 0.123. The van der Waals surface area contributed by atoms with Crippen LogP contribution in [-0.4, -0.2) is 39.0 Å². The summed E-state index contributed by atoms with van der Waals surface area (Å²) in [6.45, 7) is 6.63. The fourth-order valence-corrected chi connectivity index (χ4v) is 2.29. The second-order valence-electron chi connectivity index (χ2n) is 5.24. The lowest BCUT2D eigenvalue weighted by atomic mass is 10.2. The Balaban J connectivity index is 2.84. The number of thiazole rings is 1. The van der Waals surface area contributed by atoms with Gasteiger partial charge in [0.25, 0.3) is 0 Å². The van der Waals surface area contributed by atoms with E-state index >= 15 is 0 Å². The van der Waals surface area contributed by atoms with Gasteiger partial charge in [-0.05, 0) is 27.7 Å². The molecule has 0 saturated heterocycles. The van der Waals surface area contributed by atoms with Crippen molar-refractivity contribution in [1.82, 2.24) is 10.3 Å². The highest BCUT2D eigenvalue weighted by Gasteiger charge is 2.26. The highest BCUT2D eigenvalue weighted by molar-refractivity contribution is 7.09. The average molecular weight is 302 g/mol. The van der Waals surface area contributed by atoms with Gasteiger partial charge in [0.2, 0.25) is 0 Å². The first kappa shape index (κ1) is 16.4. The lowest BCUT2D eigenvalue weighted by molar-refractivity contribution is 0.0435. The topological polar surface area (TPSA) is 109 Å². The molecule has 0 aliphatic rings. The van der Waals surface area contributed by atoms with Gasteiger partial charge >= 0.3 is 12.1 Å². The lowest BCUT2D eigenvalue weighted by Gasteiger charge is -2.24. The van der Waals surface area contributed by atoms with E-state index in [1.165, 1.54) is 12.3 Å². The molecule has 20 heavy (non-hydrogen) atoms. The van der Waals surface area contributed by atoms with E-state index in [1.54, 1.807) is 20.8 Å². The number of aliphatic hydroxyl groups excluding tert-OH is 1. The van der Waals surface area contributed by atoms with Gasteiger partial charge in [-0.2, -0.15) is 0 Å². The monoisotopic (exact) mass is 302 g/mol. The van der Waals surface area contributed by atoms with Crippen molar-refractivity contribution in [3.05, 3.63) is 16.1 Å². The quantitative estimate of drug-likeness (QED) is 0.782. The third kappa shape index (κ3) is 4.78.